The molecule has 2 saturated heterocycles. The summed E-state index contributed by atoms with van der Waals surface area (Å²) in [5, 5.41) is 5.97. The lowest BCUT2D eigenvalue weighted by Gasteiger charge is -2.37. The summed E-state index contributed by atoms with van der Waals surface area (Å²) in [7, 11) is 5.29. The first-order valence-corrected chi connectivity index (χ1v) is 15.3. The molecule has 1 amide bonds. The summed E-state index contributed by atoms with van der Waals surface area (Å²) in [6.45, 7) is 1.61. The van der Waals surface area contributed by atoms with Crippen molar-refractivity contribution in [1.82, 2.24) is 19.9 Å². The topological polar surface area (TPSA) is 160 Å². The molecule has 4 heterocycles. The molecule has 0 spiro atoms. The number of benzene rings is 2. The van der Waals surface area contributed by atoms with Crippen molar-refractivity contribution in [2.45, 2.75) is 44.1 Å². The largest absolute Gasteiger partial charge is 0.497 e. The second-order valence-corrected chi connectivity index (χ2v) is 11.2. The van der Waals surface area contributed by atoms with Crippen molar-refractivity contribution < 1.29 is 9.53 Å². The molecule has 4 aromatic rings. The van der Waals surface area contributed by atoms with Crippen LogP contribution in [0.15, 0.2) is 66.7 Å². The van der Waals surface area contributed by atoms with E-state index < -0.39 is 0 Å². The first-order valence-electron chi connectivity index (χ1n) is 15.3. The molecule has 12 nitrogen and oxygen atoms in total. The minimum absolute atomic E-state index is 0.0593. The molecule has 2 atom stereocenters. The lowest BCUT2D eigenvalue weighted by atomic mass is 9.95. The third-order valence-corrected chi connectivity index (χ3v) is 8.20. The first-order chi connectivity index (χ1) is 21.9. The fourth-order valence-corrected chi connectivity index (χ4v) is 5.87. The Kier molecular flexibility index (Phi) is 10.1. The highest BCUT2D eigenvalue weighted by Gasteiger charge is 2.32. The standard InChI is InChI=1S/C18H25N5O.C15H17N5O/c1-20-16-12-17(22-18(19)21-16)23-10-4-3-5-14(23)11-13-6-8-15(24-2)9-7-13;1-17-12-8-13(19-15(16)18-12)20-9-11(7-14(20)21)10-5-3-2-4-6-10/h6-9,12,14H,3-5,10-11H2,1-2H3,(H3,19,20,21,22);2-6,8,11H,7,9H2,1H3,(H3,16,17,18,19). The molecule has 45 heavy (non-hydrogen) atoms. The number of piperidine rings is 1. The Morgan fingerprint density at radius 2 is 1.51 bits per heavy atom. The Labute approximate surface area is 264 Å². The number of rotatable bonds is 8. The van der Waals surface area contributed by atoms with Gasteiger partial charge < -0.3 is 31.7 Å². The van der Waals surface area contributed by atoms with Gasteiger partial charge in [-0.2, -0.15) is 19.9 Å². The molecule has 0 saturated carbocycles. The zero-order valence-electron chi connectivity index (χ0n) is 26.1. The van der Waals surface area contributed by atoms with Crippen LogP contribution < -0.4 is 36.6 Å². The molecular weight excluding hydrogens is 568 g/mol. The molecule has 236 valence electrons. The smallest absolute Gasteiger partial charge is 0.228 e. The minimum atomic E-state index is 0.0593. The number of nitrogens with zero attached hydrogens (tertiary/aromatic N) is 6. The first kappa shape index (κ1) is 31.3. The van der Waals surface area contributed by atoms with Crippen LogP contribution in [0.1, 0.15) is 42.7 Å². The third-order valence-electron chi connectivity index (χ3n) is 8.20. The third kappa shape index (κ3) is 7.88. The van der Waals surface area contributed by atoms with E-state index in [2.05, 4.69) is 59.7 Å². The second kappa shape index (κ2) is 14.6. The van der Waals surface area contributed by atoms with Gasteiger partial charge in [-0.25, -0.2) is 0 Å². The zero-order valence-corrected chi connectivity index (χ0v) is 26.1. The summed E-state index contributed by atoms with van der Waals surface area (Å²) in [4.78, 5) is 33.2. The average molecular weight is 611 g/mol. The van der Waals surface area contributed by atoms with Gasteiger partial charge >= 0.3 is 0 Å². The van der Waals surface area contributed by atoms with Gasteiger partial charge in [0, 0.05) is 57.7 Å². The van der Waals surface area contributed by atoms with Crippen molar-refractivity contribution in [2.75, 3.05) is 66.2 Å². The highest BCUT2D eigenvalue weighted by molar-refractivity contribution is 5.96. The maximum atomic E-state index is 12.3. The summed E-state index contributed by atoms with van der Waals surface area (Å²) in [5.41, 5.74) is 14.0. The normalized spacial score (nSPS) is 17.8. The summed E-state index contributed by atoms with van der Waals surface area (Å²) < 4.78 is 5.24. The summed E-state index contributed by atoms with van der Waals surface area (Å²) in [5.74, 6) is 4.43. The summed E-state index contributed by atoms with van der Waals surface area (Å²) in [6, 6.07) is 22.5. The number of methoxy groups -OCH3 is 1. The van der Waals surface area contributed by atoms with Gasteiger partial charge in [0.1, 0.15) is 29.0 Å². The van der Waals surface area contributed by atoms with Crippen molar-refractivity contribution in [2.24, 2.45) is 0 Å². The number of carbonyl (C=O) groups is 1. The number of carbonyl (C=O) groups excluding carboxylic acids is 1. The van der Waals surface area contributed by atoms with Crippen molar-refractivity contribution >= 4 is 41.1 Å². The maximum absolute atomic E-state index is 12.3. The molecule has 6 N–H and O–H groups in total. The number of anilines is 6. The predicted molar refractivity (Wildman–Crippen MR) is 180 cm³/mol. The number of ether oxygens (including phenoxy) is 1. The number of amides is 1. The molecule has 2 fully saturated rings. The highest BCUT2D eigenvalue weighted by atomic mass is 16.5. The fourth-order valence-electron chi connectivity index (χ4n) is 5.87. The molecule has 6 rings (SSSR count). The van der Waals surface area contributed by atoms with E-state index in [0.29, 0.717) is 36.6 Å². The fraction of sp³-hybridized carbons (Fsp3) is 0.364. The molecular formula is C33H42N10O2. The average Bonchev–Trinajstić information content (AvgIpc) is 3.47. The Hall–Kier alpha value is -5.13. The van der Waals surface area contributed by atoms with Crippen molar-refractivity contribution in [3.63, 3.8) is 0 Å². The van der Waals surface area contributed by atoms with E-state index in [0.717, 1.165) is 36.8 Å². The van der Waals surface area contributed by atoms with E-state index in [1.54, 1.807) is 25.1 Å². The predicted octanol–water partition coefficient (Wildman–Crippen LogP) is 4.33. The van der Waals surface area contributed by atoms with Crippen molar-refractivity contribution in [3.05, 3.63) is 77.9 Å². The molecule has 0 bridgehead atoms. The molecule has 2 aliphatic rings. The second-order valence-electron chi connectivity index (χ2n) is 11.2. The summed E-state index contributed by atoms with van der Waals surface area (Å²) in [6.07, 6.45) is 5.06. The van der Waals surface area contributed by atoms with Gasteiger partial charge in [0.25, 0.3) is 0 Å². The molecule has 2 aromatic carbocycles. The Balaban J connectivity index is 0.000000179. The van der Waals surface area contributed by atoms with Gasteiger partial charge in [-0.3, -0.25) is 9.69 Å². The number of hydrogen-bond donors (Lipinski definition) is 4. The number of aromatic nitrogens is 4. The van der Waals surface area contributed by atoms with Crippen LogP contribution in [0.2, 0.25) is 0 Å². The SMILES string of the molecule is CNc1cc(N2CC(c3ccccc3)CC2=O)nc(N)n1.CNc1cc(N2CCCCC2Cc2ccc(OC)cc2)nc(N)n1. The number of nitrogen functional groups attached to an aromatic ring is 2. The van der Waals surface area contributed by atoms with E-state index in [1.165, 1.54) is 24.0 Å². The van der Waals surface area contributed by atoms with Crippen LogP contribution in [-0.4, -0.2) is 66.2 Å². The van der Waals surface area contributed by atoms with Crippen LogP contribution >= 0.6 is 0 Å². The Bertz CT molecular complexity index is 1570. The Morgan fingerprint density at radius 1 is 0.867 bits per heavy atom. The number of nitrogens with two attached hydrogens (primary N) is 2. The van der Waals surface area contributed by atoms with Gasteiger partial charge in [-0.05, 0) is 48.9 Å². The molecule has 0 radical (unpaired) electrons. The molecule has 12 heteroatoms. The zero-order chi connectivity index (χ0) is 31.8. The van der Waals surface area contributed by atoms with Gasteiger partial charge in [-0.1, -0.05) is 42.5 Å². The number of nitrogens with one attached hydrogen (secondary N) is 2. The van der Waals surface area contributed by atoms with E-state index >= 15 is 0 Å². The van der Waals surface area contributed by atoms with Crippen molar-refractivity contribution in [1.29, 1.82) is 0 Å². The quantitative estimate of drug-likeness (QED) is 0.225. The van der Waals surface area contributed by atoms with Crippen LogP contribution in [0.3, 0.4) is 0 Å². The van der Waals surface area contributed by atoms with Gasteiger partial charge in [0.15, 0.2) is 0 Å². The lowest BCUT2D eigenvalue weighted by molar-refractivity contribution is -0.117. The van der Waals surface area contributed by atoms with Crippen LogP contribution in [0.4, 0.5) is 35.2 Å². The van der Waals surface area contributed by atoms with Crippen molar-refractivity contribution in [3.8, 4) is 5.75 Å². The number of hydrogen-bond acceptors (Lipinski definition) is 11. The lowest BCUT2D eigenvalue weighted by Crippen LogP contribution is -2.41. The van der Waals surface area contributed by atoms with E-state index in [-0.39, 0.29) is 17.8 Å². The van der Waals surface area contributed by atoms with Gasteiger partial charge in [-0.15, -0.1) is 0 Å². The monoisotopic (exact) mass is 610 g/mol. The molecule has 0 aliphatic carbocycles. The van der Waals surface area contributed by atoms with Crippen LogP contribution in [0, 0.1) is 0 Å². The van der Waals surface area contributed by atoms with E-state index in [1.807, 2.05) is 43.4 Å². The van der Waals surface area contributed by atoms with Crippen LogP contribution in [0.25, 0.3) is 0 Å². The molecule has 2 unspecified atom stereocenters. The Morgan fingerprint density at radius 3 is 2.16 bits per heavy atom. The van der Waals surface area contributed by atoms with Crippen LogP contribution in [-0.2, 0) is 11.2 Å². The van der Waals surface area contributed by atoms with Crippen LogP contribution in [0.5, 0.6) is 5.75 Å². The van der Waals surface area contributed by atoms with Gasteiger partial charge in [0.05, 0.1) is 7.11 Å². The molecule has 2 aromatic heterocycles. The summed E-state index contributed by atoms with van der Waals surface area (Å²) >= 11 is 0. The molecule has 2 aliphatic heterocycles. The minimum Gasteiger partial charge on any atom is -0.497 e. The van der Waals surface area contributed by atoms with E-state index in [9.17, 15) is 4.79 Å². The van der Waals surface area contributed by atoms with Gasteiger partial charge in [0.2, 0.25) is 17.8 Å². The highest BCUT2D eigenvalue weighted by Crippen LogP contribution is 2.32. The maximum Gasteiger partial charge on any atom is 0.228 e. The van der Waals surface area contributed by atoms with E-state index in [4.69, 9.17) is 16.2 Å².